The minimum absolute atomic E-state index is 0.0986. The first-order valence-electron chi connectivity index (χ1n) is 9.72. The van der Waals surface area contributed by atoms with E-state index in [2.05, 4.69) is 26.6 Å². The maximum atomic E-state index is 13.0. The third-order valence-corrected chi connectivity index (χ3v) is 6.46. The first-order chi connectivity index (χ1) is 12.7. The number of rotatable bonds is 4. The summed E-state index contributed by atoms with van der Waals surface area (Å²) < 4.78 is 0. The largest absolute Gasteiger partial charge is 0.347 e. The summed E-state index contributed by atoms with van der Waals surface area (Å²) in [6.45, 7) is 8.90. The Morgan fingerprint density at radius 3 is 2.88 bits per heavy atom. The van der Waals surface area contributed by atoms with Crippen molar-refractivity contribution < 1.29 is 4.79 Å². The van der Waals surface area contributed by atoms with Crippen molar-refractivity contribution in [1.82, 2.24) is 19.8 Å². The van der Waals surface area contributed by atoms with Crippen LogP contribution in [0.3, 0.4) is 0 Å². The first-order valence-corrected chi connectivity index (χ1v) is 10.5. The Morgan fingerprint density at radius 1 is 1.27 bits per heavy atom. The molecule has 2 aliphatic rings. The van der Waals surface area contributed by atoms with Crippen molar-refractivity contribution in [3.8, 4) is 0 Å². The monoisotopic (exact) mass is 373 g/mol. The van der Waals surface area contributed by atoms with Crippen molar-refractivity contribution in [1.29, 1.82) is 0 Å². The maximum Gasteiger partial charge on any atom is 0.227 e. The van der Waals surface area contributed by atoms with Gasteiger partial charge in [0.05, 0.1) is 5.92 Å². The van der Waals surface area contributed by atoms with Crippen LogP contribution in [-0.2, 0) is 4.79 Å². The van der Waals surface area contributed by atoms with Crippen LogP contribution in [0.5, 0.6) is 0 Å². The minimum Gasteiger partial charge on any atom is -0.347 e. The molecule has 0 saturated carbocycles. The number of carbonyl (C=O) groups excluding carboxylic acids is 1. The number of carbonyl (C=O) groups is 1. The molecule has 2 aromatic rings. The number of aromatic nitrogens is 2. The standard InChI is InChI=1S/C19H27N5OS/c1-2-8-22-10-12-23(13-11-22)18(25)15-5-4-9-24(14-15)19-21-16-6-3-7-20-17(16)26-19/h3,6-7,15H,2,4-5,8-14H2,1H3. The van der Waals surface area contributed by atoms with Gasteiger partial charge in [0.25, 0.3) is 0 Å². The molecule has 0 aliphatic carbocycles. The summed E-state index contributed by atoms with van der Waals surface area (Å²) in [7, 11) is 0. The van der Waals surface area contributed by atoms with Gasteiger partial charge in [-0.05, 0) is 37.9 Å². The molecule has 0 aromatic carbocycles. The summed E-state index contributed by atoms with van der Waals surface area (Å²) in [6, 6.07) is 3.93. The number of hydrogen-bond acceptors (Lipinski definition) is 6. The van der Waals surface area contributed by atoms with E-state index in [9.17, 15) is 4.79 Å². The topological polar surface area (TPSA) is 52.6 Å². The molecule has 6 nitrogen and oxygen atoms in total. The Morgan fingerprint density at radius 2 is 2.12 bits per heavy atom. The van der Waals surface area contributed by atoms with Gasteiger partial charge in [0.2, 0.25) is 5.91 Å². The Balaban J connectivity index is 1.39. The van der Waals surface area contributed by atoms with E-state index in [0.717, 1.165) is 74.1 Å². The number of amides is 1. The zero-order chi connectivity index (χ0) is 17.9. The van der Waals surface area contributed by atoms with Crippen LogP contribution < -0.4 is 4.90 Å². The van der Waals surface area contributed by atoms with Crippen LogP contribution in [0.4, 0.5) is 5.13 Å². The third kappa shape index (κ3) is 3.69. The van der Waals surface area contributed by atoms with Crippen molar-refractivity contribution in [2.75, 3.05) is 50.7 Å². The average Bonchev–Trinajstić information content (AvgIpc) is 3.13. The van der Waals surface area contributed by atoms with Gasteiger partial charge in [0.1, 0.15) is 10.3 Å². The molecule has 0 radical (unpaired) electrons. The molecule has 7 heteroatoms. The quantitative estimate of drug-likeness (QED) is 0.824. The van der Waals surface area contributed by atoms with Crippen LogP contribution in [-0.4, -0.2) is 71.5 Å². The highest BCUT2D eigenvalue weighted by Crippen LogP contribution is 2.31. The van der Waals surface area contributed by atoms with Crippen LogP contribution in [0.25, 0.3) is 10.3 Å². The van der Waals surface area contributed by atoms with Crippen molar-refractivity contribution in [3.63, 3.8) is 0 Å². The second-order valence-electron chi connectivity index (χ2n) is 7.28. The highest BCUT2D eigenvalue weighted by atomic mass is 32.1. The van der Waals surface area contributed by atoms with E-state index in [1.165, 1.54) is 6.42 Å². The Labute approximate surface area is 158 Å². The lowest BCUT2D eigenvalue weighted by Gasteiger charge is -2.39. The van der Waals surface area contributed by atoms with Crippen LogP contribution in [0.2, 0.25) is 0 Å². The third-order valence-electron chi connectivity index (χ3n) is 5.42. The van der Waals surface area contributed by atoms with Crippen molar-refractivity contribution in [2.24, 2.45) is 5.92 Å². The van der Waals surface area contributed by atoms with Crippen molar-refractivity contribution in [2.45, 2.75) is 26.2 Å². The summed E-state index contributed by atoms with van der Waals surface area (Å²) in [4.78, 5) is 29.9. The lowest BCUT2D eigenvalue weighted by atomic mass is 9.96. The van der Waals surface area contributed by atoms with Crippen molar-refractivity contribution in [3.05, 3.63) is 18.3 Å². The molecule has 1 atom stereocenters. The van der Waals surface area contributed by atoms with Gasteiger partial charge in [0, 0.05) is 45.5 Å². The van der Waals surface area contributed by atoms with Gasteiger partial charge in [-0.2, -0.15) is 0 Å². The number of pyridine rings is 1. The zero-order valence-corrected chi connectivity index (χ0v) is 16.2. The molecular weight excluding hydrogens is 346 g/mol. The van der Waals surface area contributed by atoms with E-state index in [-0.39, 0.29) is 5.92 Å². The lowest BCUT2D eigenvalue weighted by molar-refractivity contribution is -0.137. The van der Waals surface area contributed by atoms with Gasteiger partial charge in [-0.1, -0.05) is 18.3 Å². The molecule has 1 unspecified atom stereocenters. The number of nitrogens with zero attached hydrogens (tertiary/aromatic N) is 5. The molecule has 4 rings (SSSR count). The minimum atomic E-state index is 0.0986. The van der Waals surface area contributed by atoms with E-state index in [0.29, 0.717) is 5.91 Å². The molecule has 2 fully saturated rings. The highest BCUT2D eigenvalue weighted by molar-refractivity contribution is 7.21. The highest BCUT2D eigenvalue weighted by Gasteiger charge is 2.31. The van der Waals surface area contributed by atoms with Crippen LogP contribution >= 0.6 is 11.3 Å². The van der Waals surface area contributed by atoms with E-state index in [1.54, 1.807) is 11.3 Å². The average molecular weight is 374 g/mol. The molecule has 2 aliphatic heterocycles. The van der Waals surface area contributed by atoms with E-state index in [4.69, 9.17) is 4.98 Å². The number of fused-ring (bicyclic) bond motifs is 1. The van der Waals surface area contributed by atoms with Crippen molar-refractivity contribution >= 4 is 32.7 Å². The fourth-order valence-electron chi connectivity index (χ4n) is 4.01. The van der Waals surface area contributed by atoms with Crippen LogP contribution in [0, 0.1) is 5.92 Å². The Bertz CT molecular complexity index is 722. The number of anilines is 1. The molecular formula is C19H27N5OS. The smallest absolute Gasteiger partial charge is 0.227 e. The SMILES string of the molecule is CCCN1CCN(C(=O)C2CCCN(c3nc4cccnc4s3)C2)CC1. The fourth-order valence-corrected chi connectivity index (χ4v) is 4.96. The predicted molar refractivity (Wildman–Crippen MR) is 106 cm³/mol. The normalized spacial score (nSPS) is 22.1. The summed E-state index contributed by atoms with van der Waals surface area (Å²) in [5.74, 6) is 0.437. The molecule has 2 aromatic heterocycles. The van der Waals surface area contributed by atoms with Crippen LogP contribution in [0.15, 0.2) is 18.3 Å². The predicted octanol–water partition coefficient (Wildman–Crippen LogP) is 2.46. The Hall–Kier alpha value is -1.73. The molecule has 0 spiro atoms. The molecule has 140 valence electrons. The second-order valence-corrected chi connectivity index (χ2v) is 8.23. The summed E-state index contributed by atoms with van der Waals surface area (Å²) >= 11 is 1.63. The molecule has 2 saturated heterocycles. The molecule has 0 bridgehead atoms. The molecule has 1 amide bonds. The number of thiazole rings is 1. The molecule has 0 N–H and O–H groups in total. The van der Waals surface area contributed by atoms with Gasteiger partial charge in [-0.3, -0.25) is 9.69 Å². The lowest BCUT2D eigenvalue weighted by Crippen LogP contribution is -2.52. The second kappa shape index (κ2) is 7.88. The van der Waals surface area contributed by atoms with Crippen LogP contribution in [0.1, 0.15) is 26.2 Å². The summed E-state index contributed by atoms with van der Waals surface area (Å²) in [6.07, 6.45) is 5.04. The Kier molecular flexibility index (Phi) is 5.36. The van der Waals surface area contributed by atoms with Gasteiger partial charge in [-0.15, -0.1) is 0 Å². The molecule has 4 heterocycles. The van der Waals surface area contributed by atoms with Gasteiger partial charge < -0.3 is 9.80 Å². The first kappa shape index (κ1) is 17.7. The number of hydrogen-bond donors (Lipinski definition) is 0. The number of piperazine rings is 1. The zero-order valence-electron chi connectivity index (χ0n) is 15.4. The summed E-state index contributed by atoms with van der Waals surface area (Å²) in [5.41, 5.74) is 0.952. The van der Waals surface area contributed by atoms with Gasteiger partial charge in [-0.25, -0.2) is 9.97 Å². The van der Waals surface area contributed by atoms with E-state index >= 15 is 0 Å². The van der Waals surface area contributed by atoms with E-state index < -0.39 is 0 Å². The summed E-state index contributed by atoms with van der Waals surface area (Å²) in [5, 5.41) is 1.00. The number of piperidine rings is 1. The van der Waals surface area contributed by atoms with Gasteiger partial charge in [0.15, 0.2) is 5.13 Å². The van der Waals surface area contributed by atoms with E-state index in [1.807, 2.05) is 18.3 Å². The maximum absolute atomic E-state index is 13.0. The van der Waals surface area contributed by atoms with Gasteiger partial charge >= 0.3 is 0 Å². The molecule has 26 heavy (non-hydrogen) atoms. The fraction of sp³-hybridized carbons (Fsp3) is 0.632.